The van der Waals surface area contributed by atoms with Crippen molar-refractivity contribution >= 4 is 29.4 Å². The van der Waals surface area contributed by atoms with E-state index in [1.807, 2.05) is 0 Å². The zero-order chi connectivity index (χ0) is 13.8. The molecule has 0 radical (unpaired) electrons. The summed E-state index contributed by atoms with van der Waals surface area (Å²) in [6, 6.07) is 3.21. The zero-order valence-corrected chi connectivity index (χ0v) is 10.8. The highest BCUT2D eigenvalue weighted by Gasteiger charge is 2.07. The number of thiazole rings is 1. The summed E-state index contributed by atoms with van der Waals surface area (Å²) in [4.78, 5) is 15.8. The molecular formula is C13H10F2N2OS. The molecule has 0 spiro atoms. The van der Waals surface area contributed by atoms with E-state index in [9.17, 15) is 13.6 Å². The molecule has 0 unspecified atom stereocenters. The van der Waals surface area contributed by atoms with Crippen LogP contribution in [0, 0.1) is 11.6 Å². The van der Waals surface area contributed by atoms with E-state index in [1.54, 1.807) is 0 Å². The summed E-state index contributed by atoms with van der Waals surface area (Å²) in [7, 11) is 1.53. The van der Waals surface area contributed by atoms with Gasteiger partial charge in [-0.05, 0) is 30.4 Å². The Morgan fingerprint density at radius 3 is 2.89 bits per heavy atom. The van der Waals surface area contributed by atoms with Crippen LogP contribution in [0.15, 0.2) is 24.4 Å². The second-order valence-corrected chi connectivity index (χ2v) is 4.70. The predicted molar refractivity (Wildman–Crippen MR) is 70.8 cm³/mol. The van der Waals surface area contributed by atoms with Crippen molar-refractivity contribution in [1.82, 2.24) is 10.3 Å². The molecule has 0 aliphatic heterocycles. The van der Waals surface area contributed by atoms with Gasteiger partial charge in [0.25, 0.3) is 5.91 Å². The second kappa shape index (κ2) is 5.71. The standard InChI is InChI=1S/C13H10F2N2OS/c1-16-13(18)11-7-17-12(19-11)5-2-8-6-9(14)3-4-10(8)15/h2-7H,1H3,(H,16,18)/b5-2-. The number of carbonyl (C=O) groups excluding carboxylic acids is 1. The van der Waals surface area contributed by atoms with Gasteiger partial charge >= 0.3 is 0 Å². The van der Waals surface area contributed by atoms with Crippen LogP contribution < -0.4 is 5.32 Å². The summed E-state index contributed by atoms with van der Waals surface area (Å²) >= 11 is 1.17. The molecule has 0 saturated heterocycles. The molecule has 2 rings (SSSR count). The van der Waals surface area contributed by atoms with Crippen LogP contribution in [0.1, 0.15) is 20.2 Å². The van der Waals surface area contributed by atoms with E-state index in [2.05, 4.69) is 10.3 Å². The summed E-state index contributed by atoms with van der Waals surface area (Å²) in [5, 5.41) is 3.03. The lowest BCUT2D eigenvalue weighted by atomic mass is 10.2. The third kappa shape index (κ3) is 3.23. The van der Waals surface area contributed by atoms with Gasteiger partial charge in [0.1, 0.15) is 21.5 Å². The number of rotatable bonds is 3. The topological polar surface area (TPSA) is 42.0 Å². The van der Waals surface area contributed by atoms with E-state index in [0.717, 1.165) is 18.2 Å². The number of nitrogens with zero attached hydrogens (tertiary/aromatic N) is 1. The number of aromatic nitrogens is 1. The van der Waals surface area contributed by atoms with Gasteiger partial charge in [-0.3, -0.25) is 4.79 Å². The quantitative estimate of drug-likeness (QED) is 0.939. The molecule has 1 aromatic carbocycles. The highest BCUT2D eigenvalue weighted by molar-refractivity contribution is 7.14. The molecule has 0 fully saturated rings. The molecule has 19 heavy (non-hydrogen) atoms. The van der Waals surface area contributed by atoms with Crippen LogP contribution >= 0.6 is 11.3 Å². The number of benzene rings is 1. The van der Waals surface area contributed by atoms with Crippen molar-refractivity contribution in [3.8, 4) is 0 Å². The smallest absolute Gasteiger partial charge is 0.262 e. The first kappa shape index (κ1) is 13.4. The van der Waals surface area contributed by atoms with Crippen molar-refractivity contribution in [1.29, 1.82) is 0 Å². The van der Waals surface area contributed by atoms with Gasteiger partial charge in [0.05, 0.1) is 6.20 Å². The summed E-state index contributed by atoms with van der Waals surface area (Å²) in [5.74, 6) is -1.25. The third-order valence-corrected chi connectivity index (χ3v) is 3.30. The van der Waals surface area contributed by atoms with Crippen molar-refractivity contribution in [2.24, 2.45) is 0 Å². The minimum atomic E-state index is -0.513. The summed E-state index contributed by atoms with van der Waals surface area (Å²) < 4.78 is 26.3. The molecule has 3 nitrogen and oxygen atoms in total. The molecule has 0 aliphatic rings. The fraction of sp³-hybridized carbons (Fsp3) is 0.0769. The van der Waals surface area contributed by atoms with Gasteiger partial charge in [0, 0.05) is 12.6 Å². The minimum Gasteiger partial charge on any atom is -0.354 e. The van der Waals surface area contributed by atoms with Crippen molar-refractivity contribution in [3.05, 3.63) is 51.5 Å². The average Bonchev–Trinajstić information content (AvgIpc) is 2.88. The number of hydrogen-bond acceptors (Lipinski definition) is 3. The Morgan fingerprint density at radius 2 is 2.16 bits per heavy atom. The number of carbonyl (C=O) groups is 1. The maximum absolute atomic E-state index is 13.4. The summed E-state index contributed by atoms with van der Waals surface area (Å²) in [6.45, 7) is 0. The maximum Gasteiger partial charge on any atom is 0.262 e. The summed E-state index contributed by atoms with van der Waals surface area (Å²) in [5.41, 5.74) is 0.136. The molecule has 1 heterocycles. The highest BCUT2D eigenvalue weighted by atomic mass is 32.1. The molecule has 1 N–H and O–H groups in total. The fourth-order valence-corrected chi connectivity index (χ4v) is 2.16. The van der Waals surface area contributed by atoms with Crippen LogP contribution in [-0.4, -0.2) is 17.9 Å². The van der Waals surface area contributed by atoms with Gasteiger partial charge in [-0.2, -0.15) is 0 Å². The molecule has 0 saturated carbocycles. The number of amides is 1. The van der Waals surface area contributed by atoms with Crippen LogP contribution in [0.25, 0.3) is 12.2 Å². The van der Waals surface area contributed by atoms with E-state index in [1.165, 1.54) is 36.7 Å². The Balaban J connectivity index is 2.20. The van der Waals surface area contributed by atoms with Crippen molar-refractivity contribution in [2.75, 3.05) is 7.05 Å². The molecule has 98 valence electrons. The van der Waals surface area contributed by atoms with Crippen molar-refractivity contribution < 1.29 is 13.6 Å². The second-order valence-electron chi connectivity index (χ2n) is 3.64. The monoisotopic (exact) mass is 280 g/mol. The van der Waals surface area contributed by atoms with Crippen LogP contribution in [0.5, 0.6) is 0 Å². The van der Waals surface area contributed by atoms with E-state index >= 15 is 0 Å². The van der Waals surface area contributed by atoms with Crippen LogP contribution in [0.3, 0.4) is 0 Å². The SMILES string of the molecule is CNC(=O)c1cnc(/C=C\c2cc(F)ccc2F)s1. The van der Waals surface area contributed by atoms with Crippen LogP contribution in [-0.2, 0) is 0 Å². The molecule has 0 bridgehead atoms. The highest BCUT2D eigenvalue weighted by Crippen LogP contribution is 2.17. The number of nitrogens with one attached hydrogen (secondary N) is 1. The third-order valence-electron chi connectivity index (χ3n) is 2.34. The largest absolute Gasteiger partial charge is 0.354 e. The zero-order valence-electron chi connectivity index (χ0n) is 9.98. The van der Waals surface area contributed by atoms with Crippen LogP contribution in [0.2, 0.25) is 0 Å². The van der Waals surface area contributed by atoms with Crippen molar-refractivity contribution in [3.63, 3.8) is 0 Å². The Morgan fingerprint density at radius 1 is 1.37 bits per heavy atom. The lowest BCUT2D eigenvalue weighted by molar-refractivity contribution is 0.0967. The van der Waals surface area contributed by atoms with Crippen molar-refractivity contribution in [2.45, 2.75) is 0 Å². The Hall–Kier alpha value is -2.08. The molecular weight excluding hydrogens is 270 g/mol. The van der Waals surface area contributed by atoms with E-state index in [-0.39, 0.29) is 11.5 Å². The van der Waals surface area contributed by atoms with E-state index < -0.39 is 11.6 Å². The minimum absolute atomic E-state index is 0.136. The van der Waals surface area contributed by atoms with E-state index in [4.69, 9.17) is 0 Å². The lowest BCUT2D eigenvalue weighted by Gasteiger charge is -1.95. The number of hydrogen-bond donors (Lipinski definition) is 1. The molecule has 0 aliphatic carbocycles. The first-order valence-corrected chi connectivity index (χ1v) is 6.23. The van der Waals surface area contributed by atoms with Gasteiger partial charge in [-0.15, -0.1) is 11.3 Å². The van der Waals surface area contributed by atoms with E-state index in [0.29, 0.717) is 9.88 Å². The number of halogens is 2. The molecule has 1 aromatic heterocycles. The molecule has 2 aromatic rings. The normalized spacial score (nSPS) is 10.9. The molecule has 6 heteroatoms. The lowest BCUT2D eigenvalue weighted by Crippen LogP contribution is -2.16. The van der Waals surface area contributed by atoms with Gasteiger partial charge in [0.2, 0.25) is 0 Å². The predicted octanol–water partition coefficient (Wildman–Crippen LogP) is 2.95. The van der Waals surface area contributed by atoms with Gasteiger partial charge in [-0.1, -0.05) is 0 Å². The molecule has 1 amide bonds. The van der Waals surface area contributed by atoms with Crippen LogP contribution in [0.4, 0.5) is 8.78 Å². The Bertz CT molecular complexity index is 637. The van der Waals surface area contributed by atoms with Gasteiger partial charge in [-0.25, -0.2) is 13.8 Å². The first-order chi connectivity index (χ1) is 9.10. The summed E-state index contributed by atoms with van der Waals surface area (Å²) in [6.07, 6.45) is 4.39. The Labute approximate surface area is 112 Å². The first-order valence-electron chi connectivity index (χ1n) is 5.41. The van der Waals surface area contributed by atoms with Gasteiger partial charge < -0.3 is 5.32 Å². The molecule has 0 atom stereocenters. The Kier molecular flexibility index (Phi) is 4.01. The van der Waals surface area contributed by atoms with Gasteiger partial charge in [0.15, 0.2) is 0 Å². The average molecular weight is 280 g/mol. The fourth-order valence-electron chi connectivity index (χ4n) is 1.40. The maximum atomic E-state index is 13.4.